The molecule has 2 aromatic carbocycles. The molecule has 0 aliphatic heterocycles. The normalized spacial score (nSPS) is 10.5. The minimum Gasteiger partial charge on any atom is -0.508 e. The zero-order valence-electron chi connectivity index (χ0n) is 13.5. The summed E-state index contributed by atoms with van der Waals surface area (Å²) >= 11 is 5.98. The van der Waals surface area contributed by atoms with Crippen molar-refractivity contribution in [2.24, 2.45) is 0 Å². The second-order valence-corrected chi connectivity index (χ2v) is 5.88. The highest BCUT2D eigenvalue weighted by Crippen LogP contribution is 2.22. The zero-order valence-corrected chi connectivity index (χ0v) is 14.2. The van der Waals surface area contributed by atoms with Crippen LogP contribution in [-0.2, 0) is 6.61 Å². The molecule has 0 unspecified atom stereocenters. The van der Waals surface area contributed by atoms with Gasteiger partial charge >= 0.3 is 0 Å². The maximum absolute atomic E-state index is 12.2. The molecular formula is C19H16ClNO4. The monoisotopic (exact) mass is 357 g/mol. The van der Waals surface area contributed by atoms with Gasteiger partial charge in [-0.05, 0) is 55.0 Å². The number of aryl methyl sites for hydroxylation is 1. The summed E-state index contributed by atoms with van der Waals surface area (Å²) in [5, 5.41) is 12.7. The van der Waals surface area contributed by atoms with Gasteiger partial charge in [0.2, 0.25) is 0 Å². The maximum atomic E-state index is 12.2. The fraction of sp³-hybridized carbons (Fsp3) is 0.105. The van der Waals surface area contributed by atoms with Crippen LogP contribution in [0.4, 0.5) is 5.69 Å². The molecule has 0 atom stereocenters. The fourth-order valence-corrected chi connectivity index (χ4v) is 2.33. The summed E-state index contributed by atoms with van der Waals surface area (Å²) in [5.74, 6) is 1.02. The molecule has 0 saturated heterocycles. The highest BCUT2D eigenvalue weighted by molar-refractivity contribution is 6.31. The van der Waals surface area contributed by atoms with Crippen LogP contribution in [0, 0.1) is 6.92 Å². The summed E-state index contributed by atoms with van der Waals surface area (Å²) in [7, 11) is 0. The number of carbonyl (C=O) groups excluding carboxylic acids is 1. The van der Waals surface area contributed by atoms with E-state index in [1.165, 1.54) is 12.1 Å². The van der Waals surface area contributed by atoms with Crippen LogP contribution in [0.3, 0.4) is 0 Å². The van der Waals surface area contributed by atoms with Crippen molar-refractivity contribution in [1.29, 1.82) is 0 Å². The molecule has 0 saturated carbocycles. The number of furan rings is 1. The number of phenols is 1. The van der Waals surface area contributed by atoms with Crippen LogP contribution in [-0.4, -0.2) is 11.0 Å². The third-order valence-corrected chi connectivity index (χ3v) is 3.92. The molecule has 3 aromatic rings. The standard InChI is InChI=1S/C19H16ClNO4/c1-12-9-15(5-7-17(12)20)24-11-16-6-8-18(25-16)19(23)21-13-3-2-4-14(22)10-13/h2-10,22H,11H2,1H3,(H,21,23). The molecule has 0 fully saturated rings. The predicted octanol–water partition coefficient (Wildman–Crippen LogP) is 4.78. The van der Waals surface area contributed by atoms with E-state index in [1.54, 1.807) is 36.4 Å². The van der Waals surface area contributed by atoms with Crippen LogP contribution >= 0.6 is 11.6 Å². The number of halogens is 1. The van der Waals surface area contributed by atoms with Gasteiger partial charge in [0.25, 0.3) is 5.91 Å². The number of hydrogen-bond acceptors (Lipinski definition) is 4. The van der Waals surface area contributed by atoms with Crippen molar-refractivity contribution in [3.63, 3.8) is 0 Å². The van der Waals surface area contributed by atoms with E-state index in [1.807, 2.05) is 13.0 Å². The van der Waals surface area contributed by atoms with E-state index in [0.29, 0.717) is 22.2 Å². The van der Waals surface area contributed by atoms with E-state index in [-0.39, 0.29) is 18.1 Å². The topological polar surface area (TPSA) is 71.7 Å². The molecule has 1 heterocycles. The van der Waals surface area contributed by atoms with Gasteiger partial charge in [0, 0.05) is 16.8 Å². The largest absolute Gasteiger partial charge is 0.508 e. The molecular weight excluding hydrogens is 342 g/mol. The lowest BCUT2D eigenvalue weighted by molar-refractivity contribution is 0.0992. The van der Waals surface area contributed by atoms with Gasteiger partial charge in [0.15, 0.2) is 5.76 Å². The van der Waals surface area contributed by atoms with E-state index >= 15 is 0 Å². The summed E-state index contributed by atoms with van der Waals surface area (Å²) in [5.41, 5.74) is 1.40. The molecule has 2 N–H and O–H groups in total. The summed E-state index contributed by atoms with van der Waals surface area (Å²) in [6.07, 6.45) is 0. The van der Waals surface area contributed by atoms with Gasteiger partial charge in [-0.2, -0.15) is 0 Å². The quantitative estimate of drug-likeness (QED) is 0.689. The lowest BCUT2D eigenvalue weighted by atomic mass is 10.2. The Morgan fingerprint density at radius 3 is 2.80 bits per heavy atom. The number of rotatable bonds is 5. The first kappa shape index (κ1) is 16.9. The Kier molecular flexibility index (Phi) is 4.95. The molecule has 6 heteroatoms. The summed E-state index contributed by atoms with van der Waals surface area (Å²) in [4.78, 5) is 12.2. The molecule has 128 valence electrons. The molecule has 0 aliphatic carbocycles. The Morgan fingerprint density at radius 2 is 2.04 bits per heavy atom. The van der Waals surface area contributed by atoms with E-state index < -0.39 is 5.91 Å². The van der Waals surface area contributed by atoms with Crippen LogP contribution < -0.4 is 10.1 Å². The van der Waals surface area contributed by atoms with Crippen molar-refractivity contribution in [3.05, 3.63) is 76.7 Å². The second kappa shape index (κ2) is 7.32. The van der Waals surface area contributed by atoms with Crippen LogP contribution in [0.1, 0.15) is 21.9 Å². The number of benzene rings is 2. The number of ether oxygens (including phenoxy) is 1. The molecule has 0 aliphatic rings. The number of hydrogen-bond donors (Lipinski definition) is 2. The van der Waals surface area contributed by atoms with E-state index in [0.717, 1.165) is 5.56 Å². The van der Waals surface area contributed by atoms with Gasteiger partial charge in [-0.1, -0.05) is 17.7 Å². The van der Waals surface area contributed by atoms with Gasteiger partial charge in [0.05, 0.1) is 0 Å². The Morgan fingerprint density at radius 1 is 1.20 bits per heavy atom. The third-order valence-electron chi connectivity index (χ3n) is 3.50. The van der Waals surface area contributed by atoms with Crippen molar-refractivity contribution in [1.82, 2.24) is 0 Å². The highest BCUT2D eigenvalue weighted by Gasteiger charge is 2.12. The van der Waals surface area contributed by atoms with Gasteiger partial charge in [-0.15, -0.1) is 0 Å². The van der Waals surface area contributed by atoms with E-state index in [9.17, 15) is 9.90 Å². The van der Waals surface area contributed by atoms with Crippen LogP contribution in [0.2, 0.25) is 5.02 Å². The number of phenolic OH excluding ortho intramolecular Hbond substituents is 1. The van der Waals surface area contributed by atoms with Crippen molar-refractivity contribution in [2.45, 2.75) is 13.5 Å². The number of carbonyl (C=O) groups is 1. The Hall–Kier alpha value is -2.92. The first-order valence-electron chi connectivity index (χ1n) is 7.59. The lowest BCUT2D eigenvalue weighted by Gasteiger charge is -2.06. The molecule has 1 aromatic heterocycles. The number of anilines is 1. The van der Waals surface area contributed by atoms with Gasteiger partial charge in [-0.25, -0.2) is 0 Å². The number of aromatic hydroxyl groups is 1. The highest BCUT2D eigenvalue weighted by atomic mass is 35.5. The minimum atomic E-state index is -0.404. The van der Waals surface area contributed by atoms with Crippen molar-refractivity contribution < 1.29 is 19.1 Å². The van der Waals surface area contributed by atoms with Crippen LogP contribution in [0.25, 0.3) is 0 Å². The van der Waals surface area contributed by atoms with Crippen LogP contribution in [0.5, 0.6) is 11.5 Å². The molecule has 5 nitrogen and oxygen atoms in total. The van der Waals surface area contributed by atoms with E-state index in [2.05, 4.69) is 5.32 Å². The smallest absolute Gasteiger partial charge is 0.291 e. The van der Waals surface area contributed by atoms with E-state index in [4.69, 9.17) is 20.8 Å². The van der Waals surface area contributed by atoms with Gasteiger partial charge < -0.3 is 19.6 Å². The summed E-state index contributed by atoms with van der Waals surface area (Å²) in [6, 6.07) is 14.9. The fourth-order valence-electron chi connectivity index (χ4n) is 2.22. The molecule has 3 rings (SSSR count). The first-order chi connectivity index (χ1) is 12.0. The summed E-state index contributed by atoms with van der Waals surface area (Å²) < 4.78 is 11.1. The number of amides is 1. The summed E-state index contributed by atoms with van der Waals surface area (Å²) in [6.45, 7) is 2.09. The molecule has 0 bridgehead atoms. The minimum absolute atomic E-state index is 0.0737. The van der Waals surface area contributed by atoms with Gasteiger partial charge in [-0.3, -0.25) is 4.79 Å². The van der Waals surface area contributed by atoms with Crippen molar-refractivity contribution >= 4 is 23.2 Å². The lowest BCUT2D eigenvalue weighted by Crippen LogP contribution is -2.10. The molecule has 0 radical (unpaired) electrons. The second-order valence-electron chi connectivity index (χ2n) is 5.47. The SMILES string of the molecule is Cc1cc(OCc2ccc(C(=O)Nc3cccc(O)c3)o2)ccc1Cl. The van der Waals surface area contributed by atoms with Gasteiger partial charge in [0.1, 0.15) is 23.9 Å². The van der Waals surface area contributed by atoms with Crippen molar-refractivity contribution in [2.75, 3.05) is 5.32 Å². The third kappa shape index (κ3) is 4.33. The molecule has 0 spiro atoms. The Bertz CT molecular complexity index is 904. The first-order valence-corrected chi connectivity index (χ1v) is 7.97. The molecule has 25 heavy (non-hydrogen) atoms. The number of nitrogens with one attached hydrogen (secondary N) is 1. The average molecular weight is 358 g/mol. The maximum Gasteiger partial charge on any atom is 0.291 e. The Balaban J connectivity index is 1.61. The predicted molar refractivity (Wildman–Crippen MR) is 95.3 cm³/mol. The van der Waals surface area contributed by atoms with Crippen molar-refractivity contribution in [3.8, 4) is 11.5 Å². The average Bonchev–Trinajstić information content (AvgIpc) is 3.05. The van der Waals surface area contributed by atoms with Crippen LogP contribution in [0.15, 0.2) is 59.0 Å². The zero-order chi connectivity index (χ0) is 17.8. The molecule has 1 amide bonds. The Labute approximate surface area is 149 Å².